The fourth-order valence-corrected chi connectivity index (χ4v) is 4.69. The Labute approximate surface area is 152 Å². The van der Waals surface area contributed by atoms with Crippen molar-refractivity contribution in [3.63, 3.8) is 0 Å². The van der Waals surface area contributed by atoms with E-state index in [1.54, 1.807) is 36.4 Å². The first-order chi connectivity index (χ1) is 12.5. The molecule has 0 aromatic heterocycles. The van der Waals surface area contributed by atoms with Gasteiger partial charge in [0, 0.05) is 13.1 Å². The molecule has 1 N–H and O–H groups in total. The lowest BCUT2D eigenvalue weighted by Gasteiger charge is -2.31. The van der Waals surface area contributed by atoms with Gasteiger partial charge in [0.2, 0.25) is 15.9 Å². The van der Waals surface area contributed by atoms with Crippen molar-refractivity contribution in [3.8, 4) is 0 Å². The predicted molar refractivity (Wildman–Crippen MR) is 98.4 cm³/mol. The molecular formula is C19H21FN2O3S. The van der Waals surface area contributed by atoms with Gasteiger partial charge < -0.3 is 5.32 Å². The molecule has 1 amide bonds. The van der Waals surface area contributed by atoms with E-state index in [0.29, 0.717) is 24.9 Å². The summed E-state index contributed by atoms with van der Waals surface area (Å²) in [4.78, 5) is 12.5. The standard InChI is InChI=1S/C19H21FN2O3S/c20-17-10-4-5-11-18(17)21-19(23)16-9-6-12-22(13-16)26(24,25)14-15-7-2-1-3-8-15/h1-5,7-8,10-11,16H,6,9,12-14H2,(H,21,23). The van der Waals surface area contributed by atoms with Gasteiger partial charge in [-0.25, -0.2) is 17.1 Å². The highest BCUT2D eigenvalue weighted by molar-refractivity contribution is 7.88. The van der Waals surface area contributed by atoms with Crippen molar-refractivity contribution in [2.24, 2.45) is 5.92 Å². The molecule has 0 saturated carbocycles. The van der Waals surface area contributed by atoms with Crippen LogP contribution >= 0.6 is 0 Å². The third-order valence-electron chi connectivity index (χ3n) is 4.47. The summed E-state index contributed by atoms with van der Waals surface area (Å²) in [6.07, 6.45) is 1.18. The minimum absolute atomic E-state index is 0.0878. The van der Waals surface area contributed by atoms with Gasteiger partial charge in [0.15, 0.2) is 0 Å². The van der Waals surface area contributed by atoms with Crippen LogP contribution in [-0.2, 0) is 20.6 Å². The highest BCUT2D eigenvalue weighted by atomic mass is 32.2. The molecular weight excluding hydrogens is 355 g/mol. The lowest BCUT2D eigenvalue weighted by molar-refractivity contribution is -0.120. The van der Waals surface area contributed by atoms with Gasteiger partial charge in [0.1, 0.15) is 5.82 Å². The monoisotopic (exact) mass is 376 g/mol. The molecule has 1 aliphatic rings. The number of para-hydroxylation sites is 1. The van der Waals surface area contributed by atoms with Crippen LogP contribution in [0.25, 0.3) is 0 Å². The van der Waals surface area contributed by atoms with Gasteiger partial charge in [-0.15, -0.1) is 0 Å². The third-order valence-corrected chi connectivity index (χ3v) is 6.29. The third kappa shape index (κ3) is 4.47. The summed E-state index contributed by atoms with van der Waals surface area (Å²) in [6, 6.07) is 14.9. The van der Waals surface area contributed by atoms with Crippen LogP contribution in [0.5, 0.6) is 0 Å². The number of carbonyl (C=O) groups excluding carboxylic acids is 1. The number of amides is 1. The molecule has 0 spiro atoms. The van der Waals surface area contributed by atoms with E-state index in [4.69, 9.17) is 0 Å². The SMILES string of the molecule is O=C(Nc1ccccc1F)C1CCCN(S(=O)(=O)Cc2ccccc2)C1. The Hall–Kier alpha value is -2.25. The summed E-state index contributed by atoms with van der Waals surface area (Å²) in [5.74, 6) is -1.44. The zero-order valence-corrected chi connectivity index (χ0v) is 15.1. The van der Waals surface area contributed by atoms with E-state index in [-0.39, 0.29) is 23.9 Å². The van der Waals surface area contributed by atoms with Crippen LogP contribution in [0.2, 0.25) is 0 Å². The predicted octanol–water partition coefficient (Wildman–Crippen LogP) is 3.01. The van der Waals surface area contributed by atoms with Crippen LogP contribution in [-0.4, -0.2) is 31.7 Å². The van der Waals surface area contributed by atoms with Crippen molar-refractivity contribution in [2.75, 3.05) is 18.4 Å². The second-order valence-corrected chi connectivity index (χ2v) is 8.38. The molecule has 2 aromatic carbocycles. The smallest absolute Gasteiger partial charge is 0.228 e. The van der Waals surface area contributed by atoms with Crippen molar-refractivity contribution in [3.05, 3.63) is 66.0 Å². The van der Waals surface area contributed by atoms with E-state index in [1.807, 2.05) is 6.07 Å². The molecule has 1 unspecified atom stereocenters. The summed E-state index contributed by atoms with van der Waals surface area (Å²) >= 11 is 0. The Balaban J connectivity index is 1.67. The highest BCUT2D eigenvalue weighted by Crippen LogP contribution is 2.23. The molecule has 5 nitrogen and oxygen atoms in total. The van der Waals surface area contributed by atoms with E-state index in [2.05, 4.69) is 5.32 Å². The van der Waals surface area contributed by atoms with Gasteiger partial charge in [0.25, 0.3) is 0 Å². The average Bonchev–Trinajstić information content (AvgIpc) is 2.64. The van der Waals surface area contributed by atoms with Gasteiger partial charge in [-0.3, -0.25) is 4.79 Å². The molecule has 1 aliphatic heterocycles. The van der Waals surface area contributed by atoms with E-state index < -0.39 is 21.8 Å². The molecule has 7 heteroatoms. The van der Waals surface area contributed by atoms with Crippen molar-refractivity contribution >= 4 is 21.6 Å². The van der Waals surface area contributed by atoms with Crippen molar-refractivity contribution < 1.29 is 17.6 Å². The first-order valence-corrected chi connectivity index (χ1v) is 10.1. The Kier molecular flexibility index (Phi) is 5.68. The fourth-order valence-electron chi connectivity index (χ4n) is 3.08. The Bertz CT molecular complexity index is 871. The number of nitrogens with one attached hydrogen (secondary N) is 1. The van der Waals surface area contributed by atoms with Crippen LogP contribution in [0.3, 0.4) is 0 Å². The van der Waals surface area contributed by atoms with E-state index in [9.17, 15) is 17.6 Å². The summed E-state index contributed by atoms with van der Waals surface area (Å²) in [7, 11) is -3.50. The van der Waals surface area contributed by atoms with E-state index in [1.165, 1.54) is 16.4 Å². The normalized spacial score (nSPS) is 18.4. The second kappa shape index (κ2) is 7.97. The molecule has 1 saturated heterocycles. The van der Waals surface area contributed by atoms with Crippen LogP contribution in [0.15, 0.2) is 54.6 Å². The van der Waals surface area contributed by atoms with Gasteiger partial charge in [-0.05, 0) is 30.5 Å². The Morgan fingerprint density at radius 2 is 1.81 bits per heavy atom. The molecule has 3 rings (SSSR count). The maximum absolute atomic E-state index is 13.7. The maximum Gasteiger partial charge on any atom is 0.228 e. The first-order valence-electron chi connectivity index (χ1n) is 8.53. The molecule has 1 atom stereocenters. The number of benzene rings is 2. The van der Waals surface area contributed by atoms with E-state index >= 15 is 0 Å². The number of rotatable bonds is 5. The molecule has 0 bridgehead atoms. The minimum atomic E-state index is -3.50. The lowest BCUT2D eigenvalue weighted by atomic mass is 9.98. The van der Waals surface area contributed by atoms with Crippen LogP contribution in [0.4, 0.5) is 10.1 Å². The van der Waals surface area contributed by atoms with Gasteiger partial charge >= 0.3 is 0 Å². The number of nitrogens with zero attached hydrogens (tertiary/aromatic N) is 1. The summed E-state index contributed by atoms with van der Waals surface area (Å²) in [5, 5.41) is 2.57. The molecule has 1 heterocycles. The summed E-state index contributed by atoms with van der Waals surface area (Å²) < 4.78 is 40.4. The minimum Gasteiger partial charge on any atom is -0.323 e. The van der Waals surface area contributed by atoms with Crippen molar-refractivity contribution in [1.82, 2.24) is 4.31 Å². The van der Waals surface area contributed by atoms with Gasteiger partial charge in [-0.1, -0.05) is 42.5 Å². The summed E-state index contributed by atoms with van der Waals surface area (Å²) in [5.41, 5.74) is 0.826. The van der Waals surface area contributed by atoms with E-state index in [0.717, 1.165) is 0 Å². The van der Waals surface area contributed by atoms with Crippen molar-refractivity contribution in [2.45, 2.75) is 18.6 Å². The molecule has 26 heavy (non-hydrogen) atoms. The molecule has 138 valence electrons. The van der Waals surface area contributed by atoms with Crippen LogP contribution < -0.4 is 5.32 Å². The topological polar surface area (TPSA) is 66.5 Å². The summed E-state index contributed by atoms with van der Waals surface area (Å²) in [6.45, 7) is 0.522. The molecule has 2 aromatic rings. The van der Waals surface area contributed by atoms with Crippen LogP contribution in [0, 0.1) is 11.7 Å². The average molecular weight is 376 g/mol. The fraction of sp³-hybridized carbons (Fsp3) is 0.316. The van der Waals surface area contributed by atoms with Crippen molar-refractivity contribution in [1.29, 1.82) is 0 Å². The second-order valence-electron chi connectivity index (χ2n) is 6.41. The van der Waals surface area contributed by atoms with Gasteiger partial charge in [-0.2, -0.15) is 0 Å². The number of piperidine rings is 1. The zero-order chi connectivity index (χ0) is 18.6. The lowest BCUT2D eigenvalue weighted by Crippen LogP contribution is -2.44. The maximum atomic E-state index is 13.7. The molecule has 0 aliphatic carbocycles. The van der Waals surface area contributed by atoms with Gasteiger partial charge in [0.05, 0.1) is 17.4 Å². The number of halogens is 1. The number of carbonyl (C=O) groups is 1. The number of hydrogen-bond acceptors (Lipinski definition) is 3. The largest absolute Gasteiger partial charge is 0.323 e. The number of sulfonamides is 1. The molecule has 0 radical (unpaired) electrons. The Morgan fingerprint density at radius 1 is 1.12 bits per heavy atom. The first kappa shape index (κ1) is 18.5. The zero-order valence-electron chi connectivity index (χ0n) is 14.3. The Morgan fingerprint density at radius 3 is 2.54 bits per heavy atom. The quantitative estimate of drug-likeness (QED) is 0.872. The molecule has 1 fully saturated rings. The van der Waals surface area contributed by atoms with Crippen LogP contribution in [0.1, 0.15) is 18.4 Å². The highest BCUT2D eigenvalue weighted by Gasteiger charge is 2.32. The number of hydrogen-bond donors (Lipinski definition) is 1. The number of anilines is 1.